The summed E-state index contributed by atoms with van der Waals surface area (Å²) in [6.45, 7) is 0. The Morgan fingerprint density at radius 3 is 2.08 bits per heavy atom. The summed E-state index contributed by atoms with van der Waals surface area (Å²) < 4.78 is 0. The Morgan fingerprint density at radius 2 is 1.69 bits per heavy atom. The lowest BCUT2D eigenvalue weighted by molar-refractivity contribution is 0.137. The number of carboxylic acid groups (broad SMARTS) is 2. The number of oxime groups is 1. The Bertz CT molecular complexity index is 267. The molecule has 0 saturated carbocycles. The zero-order chi connectivity index (χ0) is 10.1. The fourth-order valence-corrected chi connectivity index (χ4v) is 0.606. The Kier molecular flexibility index (Phi) is 5.61. The van der Waals surface area contributed by atoms with Gasteiger partial charge in [0.25, 0.3) is 0 Å². The van der Waals surface area contributed by atoms with Crippen LogP contribution >= 0.6 is 0 Å². The van der Waals surface area contributed by atoms with E-state index in [4.69, 9.17) is 20.2 Å². The molecule has 13 heavy (non-hydrogen) atoms. The predicted octanol–water partition coefficient (Wildman–Crippen LogP) is 1.72. The van der Waals surface area contributed by atoms with E-state index < -0.39 is 6.16 Å². The smallest absolute Gasteiger partial charge is 0.450 e. The van der Waals surface area contributed by atoms with Crippen LogP contribution in [-0.2, 0) is 0 Å². The molecule has 0 radical (unpaired) electrons. The fourth-order valence-electron chi connectivity index (χ4n) is 0.606. The molecule has 0 bridgehead atoms. The maximum atomic E-state index is 8.56. The highest BCUT2D eigenvalue weighted by molar-refractivity contribution is 5.78. The van der Waals surface area contributed by atoms with Crippen LogP contribution in [-0.4, -0.2) is 27.8 Å². The third-order valence-corrected chi connectivity index (χ3v) is 1.01. The summed E-state index contributed by atoms with van der Waals surface area (Å²) in [4.78, 5) is 8.56. The molecular weight excluding hydrogens is 174 g/mol. The molecule has 0 aromatic heterocycles. The summed E-state index contributed by atoms with van der Waals surface area (Å²) in [5, 5.41) is 24.9. The summed E-state index contributed by atoms with van der Waals surface area (Å²) in [6, 6.07) is 9.40. The van der Waals surface area contributed by atoms with Crippen LogP contribution in [0.5, 0.6) is 0 Å². The second kappa shape index (κ2) is 6.66. The first-order chi connectivity index (χ1) is 6.16. The van der Waals surface area contributed by atoms with Crippen LogP contribution in [0.1, 0.15) is 5.56 Å². The third kappa shape index (κ3) is 7.86. The van der Waals surface area contributed by atoms with Gasteiger partial charge in [0.15, 0.2) is 0 Å². The molecule has 3 N–H and O–H groups in total. The molecule has 1 aromatic rings. The van der Waals surface area contributed by atoms with Crippen LogP contribution in [0.2, 0.25) is 0 Å². The molecular formula is C8H9NO4. The molecule has 1 rings (SSSR count). The van der Waals surface area contributed by atoms with E-state index in [1.165, 1.54) is 6.21 Å². The van der Waals surface area contributed by atoms with Crippen molar-refractivity contribution in [3.05, 3.63) is 35.9 Å². The van der Waals surface area contributed by atoms with Crippen molar-refractivity contribution >= 4 is 12.4 Å². The maximum absolute atomic E-state index is 8.56. The number of hydrogen-bond donors (Lipinski definition) is 3. The Labute approximate surface area is 74.6 Å². The molecule has 0 fully saturated rings. The molecule has 5 heteroatoms. The van der Waals surface area contributed by atoms with Crippen molar-refractivity contribution in [3.8, 4) is 0 Å². The number of nitrogens with zero attached hydrogens (tertiary/aromatic N) is 1. The summed E-state index contributed by atoms with van der Waals surface area (Å²) in [5.41, 5.74) is 0.903. The van der Waals surface area contributed by atoms with Crippen molar-refractivity contribution in [2.45, 2.75) is 0 Å². The zero-order valence-corrected chi connectivity index (χ0v) is 6.66. The Balaban J connectivity index is 0.000000310. The van der Waals surface area contributed by atoms with Gasteiger partial charge in [0.05, 0.1) is 6.21 Å². The fraction of sp³-hybridized carbons (Fsp3) is 0. The molecule has 0 aliphatic heterocycles. The second-order valence-electron chi connectivity index (χ2n) is 1.94. The molecule has 0 unspecified atom stereocenters. The first-order valence-corrected chi connectivity index (χ1v) is 3.31. The van der Waals surface area contributed by atoms with Gasteiger partial charge >= 0.3 is 6.16 Å². The highest BCUT2D eigenvalue weighted by atomic mass is 16.6. The van der Waals surface area contributed by atoms with Crippen LogP contribution in [0.4, 0.5) is 4.79 Å². The minimum absolute atomic E-state index is 0.903. The van der Waals surface area contributed by atoms with Gasteiger partial charge in [-0.05, 0) is 5.56 Å². The van der Waals surface area contributed by atoms with Crippen LogP contribution in [0.15, 0.2) is 35.5 Å². The number of rotatable bonds is 1. The molecule has 0 aliphatic rings. The number of carbonyl (C=O) groups is 1. The average molecular weight is 183 g/mol. The van der Waals surface area contributed by atoms with Crippen molar-refractivity contribution in [1.29, 1.82) is 0 Å². The van der Waals surface area contributed by atoms with Gasteiger partial charge in [0.1, 0.15) is 0 Å². The summed E-state index contributed by atoms with van der Waals surface area (Å²) in [6.07, 6.45) is -0.444. The van der Waals surface area contributed by atoms with Gasteiger partial charge in [-0.2, -0.15) is 0 Å². The lowest BCUT2D eigenvalue weighted by Gasteiger charge is -1.85. The van der Waals surface area contributed by atoms with Crippen LogP contribution in [0.25, 0.3) is 0 Å². The molecule has 0 heterocycles. The molecule has 0 aliphatic carbocycles. The normalized spacial score (nSPS) is 8.92. The van der Waals surface area contributed by atoms with Crippen molar-refractivity contribution < 1.29 is 20.2 Å². The SMILES string of the molecule is O=C(O)O.ON=Cc1ccccc1. The third-order valence-electron chi connectivity index (χ3n) is 1.01. The molecule has 0 spiro atoms. The summed E-state index contributed by atoms with van der Waals surface area (Å²) in [7, 11) is 0. The van der Waals surface area contributed by atoms with Gasteiger partial charge in [-0.1, -0.05) is 35.5 Å². The summed E-state index contributed by atoms with van der Waals surface area (Å²) in [5.74, 6) is 0. The topological polar surface area (TPSA) is 90.1 Å². The van der Waals surface area contributed by atoms with Crippen molar-refractivity contribution in [1.82, 2.24) is 0 Å². The standard InChI is InChI=1S/C7H7NO.CH2O3/c9-8-6-7-4-2-1-3-5-7;2-1(3)4/h1-6,9H;(H2,2,3,4). The van der Waals surface area contributed by atoms with E-state index in [2.05, 4.69) is 5.16 Å². The predicted molar refractivity (Wildman–Crippen MR) is 46.5 cm³/mol. The molecule has 70 valence electrons. The zero-order valence-electron chi connectivity index (χ0n) is 6.66. The van der Waals surface area contributed by atoms with E-state index in [-0.39, 0.29) is 0 Å². The minimum Gasteiger partial charge on any atom is -0.450 e. The van der Waals surface area contributed by atoms with Gasteiger partial charge in [0.2, 0.25) is 0 Å². The molecule has 5 nitrogen and oxygen atoms in total. The van der Waals surface area contributed by atoms with Crippen molar-refractivity contribution in [2.24, 2.45) is 5.16 Å². The highest BCUT2D eigenvalue weighted by Crippen LogP contribution is 1.92. The lowest BCUT2D eigenvalue weighted by Crippen LogP contribution is -1.81. The van der Waals surface area contributed by atoms with Gasteiger partial charge < -0.3 is 15.4 Å². The first-order valence-electron chi connectivity index (χ1n) is 3.31. The van der Waals surface area contributed by atoms with E-state index in [0.717, 1.165) is 5.56 Å². The largest absolute Gasteiger partial charge is 0.503 e. The van der Waals surface area contributed by atoms with E-state index in [9.17, 15) is 0 Å². The molecule has 0 saturated heterocycles. The monoisotopic (exact) mass is 183 g/mol. The van der Waals surface area contributed by atoms with E-state index in [1.807, 2.05) is 30.3 Å². The molecule has 0 amide bonds. The highest BCUT2D eigenvalue weighted by Gasteiger charge is 1.79. The van der Waals surface area contributed by atoms with Gasteiger partial charge in [-0.25, -0.2) is 4.79 Å². The second-order valence-corrected chi connectivity index (χ2v) is 1.94. The van der Waals surface area contributed by atoms with E-state index >= 15 is 0 Å². The molecule has 0 atom stereocenters. The van der Waals surface area contributed by atoms with Crippen LogP contribution in [0, 0.1) is 0 Å². The van der Waals surface area contributed by atoms with Crippen LogP contribution in [0.3, 0.4) is 0 Å². The number of benzene rings is 1. The van der Waals surface area contributed by atoms with Gasteiger partial charge in [0, 0.05) is 0 Å². The van der Waals surface area contributed by atoms with Gasteiger partial charge in [-0.15, -0.1) is 0 Å². The van der Waals surface area contributed by atoms with Gasteiger partial charge in [-0.3, -0.25) is 0 Å². The van der Waals surface area contributed by atoms with Crippen molar-refractivity contribution in [2.75, 3.05) is 0 Å². The quantitative estimate of drug-likeness (QED) is 0.351. The number of hydrogen-bond acceptors (Lipinski definition) is 3. The lowest BCUT2D eigenvalue weighted by atomic mass is 10.2. The minimum atomic E-state index is -1.83. The Hall–Kier alpha value is -2.04. The van der Waals surface area contributed by atoms with E-state index in [0.29, 0.717) is 0 Å². The first kappa shape index (κ1) is 11.0. The average Bonchev–Trinajstić information content (AvgIpc) is 2.06. The van der Waals surface area contributed by atoms with Crippen molar-refractivity contribution in [3.63, 3.8) is 0 Å². The summed E-state index contributed by atoms with van der Waals surface area (Å²) >= 11 is 0. The maximum Gasteiger partial charge on any atom is 0.503 e. The Morgan fingerprint density at radius 1 is 1.23 bits per heavy atom. The molecule has 1 aromatic carbocycles. The van der Waals surface area contributed by atoms with E-state index in [1.54, 1.807) is 0 Å². The van der Waals surface area contributed by atoms with Crippen LogP contribution < -0.4 is 0 Å².